The van der Waals surface area contributed by atoms with E-state index >= 15 is 0 Å². The second-order valence-electron chi connectivity index (χ2n) is 4.70. The molecule has 1 aromatic carbocycles. The van der Waals surface area contributed by atoms with Crippen molar-refractivity contribution >= 4 is 21.6 Å². The van der Waals surface area contributed by atoms with E-state index in [0.29, 0.717) is 22.9 Å². The molecule has 17 heavy (non-hydrogen) atoms. The summed E-state index contributed by atoms with van der Waals surface area (Å²) < 4.78 is 13.9. The summed E-state index contributed by atoms with van der Waals surface area (Å²) in [6.07, 6.45) is 0. The highest BCUT2D eigenvalue weighted by Gasteiger charge is 2.12. The summed E-state index contributed by atoms with van der Waals surface area (Å²) in [6, 6.07) is 3.30. The van der Waals surface area contributed by atoms with Crippen LogP contribution in [0.3, 0.4) is 0 Å². The van der Waals surface area contributed by atoms with Crippen LogP contribution in [-0.2, 0) is 0 Å². The molecule has 0 heterocycles. The molecule has 1 unspecified atom stereocenters. The monoisotopic (exact) mass is 302 g/mol. The van der Waals surface area contributed by atoms with Gasteiger partial charge < -0.3 is 11.1 Å². The third kappa shape index (κ3) is 3.96. The molecule has 0 aliphatic carbocycles. The van der Waals surface area contributed by atoms with Crippen LogP contribution in [0.2, 0.25) is 0 Å². The first-order valence-corrected chi connectivity index (χ1v) is 6.64. The van der Waals surface area contributed by atoms with Gasteiger partial charge in [-0.2, -0.15) is 0 Å². The maximum Gasteiger partial charge on any atom is 0.139 e. The maximum atomic E-state index is 13.4. The molecule has 2 nitrogen and oxygen atoms in total. The van der Waals surface area contributed by atoms with Gasteiger partial charge in [-0.05, 0) is 58.9 Å². The summed E-state index contributed by atoms with van der Waals surface area (Å²) in [5.74, 6) is 0.682. The van der Waals surface area contributed by atoms with Crippen molar-refractivity contribution in [3.8, 4) is 0 Å². The molecule has 0 saturated heterocycles. The lowest BCUT2D eigenvalue weighted by atomic mass is 9.96. The normalized spacial score (nSPS) is 12.9. The van der Waals surface area contributed by atoms with E-state index in [0.717, 1.165) is 17.8 Å². The minimum absolute atomic E-state index is 0.244. The Balaban J connectivity index is 2.72. The molecule has 1 aromatic rings. The molecule has 0 radical (unpaired) electrons. The maximum absolute atomic E-state index is 13.4. The Hall–Kier alpha value is -0.610. The topological polar surface area (TPSA) is 38.0 Å². The van der Waals surface area contributed by atoms with Gasteiger partial charge in [0.25, 0.3) is 0 Å². The van der Waals surface area contributed by atoms with Crippen molar-refractivity contribution in [3.05, 3.63) is 28.0 Å². The molecule has 96 valence electrons. The van der Waals surface area contributed by atoms with Crippen LogP contribution in [0.25, 0.3) is 0 Å². The smallest absolute Gasteiger partial charge is 0.139 e. The quantitative estimate of drug-likeness (QED) is 0.873. The molecule has 0 saturated carbocycles. The zero-order chi connectivity index (χ0) is 13.0. The van der Waals surface area contributed by atoms with Crippen LogP contribution in [0.5, 0.6) is 0 Å². The summed E-state index contributed by atoms with van der Waals surface area (Å²) in [7, 11) is 0. The Bertz CT molecular complexity index is 380. The van der Waals surface area contributed by atoms with Gasteiger partial charge in [0.2, 0.25) is 0 Å². The summed E-state index contributed by atoms with van der Waals surface area (Å²) in [6.45, 7) is 7.67. The summed E-state index contributed by atoms with van der Waals surface area (Å²) in [5, 5.41) is 3.27. The zero-order valence-corrected chi connectivity index (χ0v) is 12.1. The van der Waals surface area contributed by atoms with Crippen molar-refractivity contribution in [2.24, 2.45) is 17.6 Å². The van der Waals surface area contributed by atoms with Gasteiger partial charge in [-0.15, -0.1) is 0 Å². The summed E-state index contributed by atoms with van der Waals surface area (Å²) >= 11 is 3.17. The van der Waals surface area contributed by atoms with Crippen LogP contribution in [0.4, 0.5) is 10.1 Å². The molecule has 0 aliphatic heterocycles. The van der Waals surface area contributed by atoms with Gasteiger partial charge in [0.15, 0.2) is 0 Å². The van der Waals surface area contributed by atoms with E-state index in [1.165, 1.54) is 6.07 Å². The van der Waals surface area contributed by atoms with E-state index in [-0.39, 0.29) is 5.82 Å². The van der Waals surface area contributed by atoms with E-state index in [2.05, 4.69) is 35.1 Å². The summed E-state index contributed by atoms with van der Waals surface area (Å²) in [4.78, 5) is 0. The SMILES string of the molecule is Cc1cc(Br)c(F)cc1NCC(CN)C(C)C. The van der Waals surface area contributed by atoms with Crippen molar-refractivity contribution in [1.29, 1.82) is 0 Å². The van der Waals surface area contributed by atoms with E-state index in [9.17, 15) is 4.39 Å². The van der Waals surface area contributed by atoms with Crippen LogP contribution in [0.15, 0.2) is 16.6 Å². The number of halogens is 2. The minimum atomic E-state index is -0.244. The van der Waals surface area contributed by atoms with E-state index < -0.39 is 0 Å². The highest BCUT2D eigenvalue weighted by molar-refractivity contribution is 9.10. The second-order valence-corrected chi connectivity index (χ2v) is 5.56. The number of aryl methyl sites for hydroxylation is 1. The molecule has 0 fully saturated rings. The number of nitrogens with one attached hydrogen (secondary N) is 1. The number of anilines is 1. The van der Waals surface area contributed by atoms with Gasteiger partial charge >= 0.3 is 0 Å². The Morgan fingerprint density at radius 1 is 1.41 bits per heavy atom. The fraction of sp³-hybridized carbons (Fsp3) is 0.538. The lowest BCUT2D eigenvalue weighted by Gasteiger charge is -2.20. The second kappa shape index (κ2) is 6.36. The third-order valence-corrected chi connectivity index (χ3v) is 3.68. The van der Waals surface area contributed by atoms with Crippen LogP contribution in [0.1, 0.15) is 19.4 Å². The number of hydrogen-bond donors (Lipinski definition) is 2. The molecular weight excluding hydrogens is 283 g/mol. The standard InChI is InChI=1S/C13H20BrFN2/c1-8(2)10(6-16)7-17-13-5-12(15)11(14)4-9(13)3/h4-5,8,10,17H,6-7,16H2,1-3H3. The van der Waals surface area contributed by atoms with E-state index in [1.807, 2.05) is 6.92 Å². The average molecular weight is 303 g/mol. The third-order valence-electron chi connectivity index (χ3n) is 3.07. The number of benzene rings is 1. The Kier molecular flexibility index (Phi) is 5.40. The lowest BCUT2D eigenvalue weighted by molar-refractivity contribution is 0.413. The van der Waals surface area contributed by atoms with Crippen LogP contribution >= 0.6 is 15.9 Å². The van der Waals surface area contributed by atoms with Gasteiger partial charge in [-0.3, -0.25) is 0 Å². The number of hydrogen-bond acceptors (Lipinski definition) is 2. The molecule has 4 heteroatoms. The largest absolute Gasteiger partial charge is 0.384 e. The molecule has 0 aliphatic rings. The van der Waals surface area contributed by atoms with Crippen LogP contribution < -0.4 is 11.1 Å². The van der Waals surface area contributed by atoms with Crippen molar-refractivity contribution in [1.82, 2.24) is 0 Å². The van der Waals surface area contributed by atoms with Crippen LogP contribution in [-0.4, -0.2) is 13.1 Å². The van der Waals surface area contributed by atoms with E-state index in [1.54, 1.807) is 6.07 Å². The molecule has 0 amide bonds. The molecule has 0 aromatic heterocycles. The number of nitrogens with two attached hydrogens (primary N) is 1. The zero-order valence-electron chi connectivity index (χ0n) is 10.6. The first-order valence-electron chi connectivity index (χ1n) is 5.85. The Morgan fingerprint density at radius 2 is 2.06 bits per heavy atom. The van der Waals surface area contributed by atoms with Gasteiger partial charge in [-0.1, -0.05) is 13.8 Å². The molecule has 3 N–H and O–H groups in total. The van der Waals surface area contributed by atoms with Crippen molar-refractivity contribution < 1.29 is 4.39 Å². The predicted octanol–water partition coefficient (Wildman–Crippen LogP) is 3.54. The van der Waals surface area contributed by atoms with Crippen molar-refractivity contribution in [2.75, 3.05) is 18.4 Å². The molecular formula is C13H20BrFN2. The molecule has 0 bridgehead atoms. The molecule has 1 rings (SSSR count). The highest BCUT2D eigenvalue weighted by atomic mass is 79.9. The van der Waals surface area contributed by atoms with Gasteiger partial charge in [0, 0.05) is 12.2 Å². The highest BCUT2D eigenvalue weighted by Crippen LogP contribution is 2.24. The van der Waals surface area contributed by atoms with Gasteiger partial charge in [0.1, 0.15) is 5.82 Å². The van der Waals surface area contributed by atoms with Gasteiger partial charge in [-0.25, -0.2) is 4.39 Å². The predicted molar refractivity (Wildman–Crippen MR) is 74.7 cm³/mol. The molecule has 0 spiro atoms. The van der Waals surface area contributed by atoms with Crippen molar-refractivity contribution in [2.45, 2.75) is 20.8 Å². The van der Waals surface area contributed by atoms with E-state index in [4.69, 9.17) is 5.73 Å². The first-order chi connectivity index (χ1) is 7.95. The number of rotatable bonds is 5. The Morgan fingerprint density at radius 3 is 2.59 bits per heavy atom. The fourth-order valence-corrected chi connectivity index (χ4v) is 2.13. The lowest BCUT2D eigenvalue weighted by Crippen LogP contribution is -2.27. The minimum Gasteiger partial charge on any atom is -0.384 e. The van der Waals surface area contributed by atoms with Gasteiger partial charge in [0.05, 0.1) is 4.47 Å². The van der Waals surface area contributed by atoms with Crippen molar-refractivity contribution in [3.63, 3.8) is 0 Å². The first kappa shape index (κ1) is 14.5. The summed E-state index contributed by atoms with van der Waals surface area (Å²) in [5.41, 5.74) is 7.57. The fourth-order valence-electron chi connectivity index (χ4n) is 1.67. The molecule has 1 atom stereocenters. The van der Waals surface area contributed by atoms with Crippen LogP contribution in [0, 0.1) is 24.6 Å². The Labute approximate surface area is 111 Å². The average Bonchev–Trinajstić information content (AvgIpc) is 2.25.